The standard InChI is InChI=1S/C8H7NO6/c10-5-1-2-6(11)9(5)15-8(14)4-3-7(12)13/h3-4H,1-2H2,(H,12,13)/b4-3+. The fourth-order valence-corrected chi connectivity index (χ4v) is 0.918. The fraction of sp³-hybridized carbons (Fsp3) is 0.250. The van der Waals surface area contributed by atoms with Crippen molar-refractivity contribution >= 4 is 23.8 Å². The van der Waals surface area contributed by atoms with Gasteiger partial charge in [0.2, 0.25) is 0 Å². The summed E-state index contributed by atoms with van der Waals surface area (Å²) in [5.74, 6) is -3.64. The minimum Gasteiger partial charge on any atom is -0.478 e. The van der Waals surface area contributed by atoms with E-state index < -0.39 is 23.8 Å². The summed E-state index contributed by atoms with van der Waals surface area (Å²) in [7, 11) is 0. The van der Waals surface area contributed by atoms with Gasteiger partial charge >= 0.3 is 11.9 Å². The quantitative estimate of drug-likeness (QED) is 0.488. The smallest absolute Gasteiger partial charge is 0.357 e. The summed E-state index contributed by atoms with van der Waals surface area (Å²) in [6.45, 7) is 0. The van der Waals surface area contributed by atoms with Gasteiger partial charge in [0.15, 0.2) is 0 Å². The number of rotatable bonds is 3. The van der Waals surface area contributed by atoms with E-state index in [0.29, 0.717) is 17.2 Å². The van der Waals surface area contributed by atoms with Crippen LogP contribution in [-0.4, -0.2) is 33.9 Å². The predicted molar refractivity (Wildman–Crippen MR) is 44.0 cm³/mol. The van der Waals surface area contributed by atoms with Crippen LogP contribution in [0.25, 0.3) is 0 Å². The maximum absolute atomic E-state index is 10.9. The molecule has 0 aliphatic carbocycles. The summed E-state index contributed by atoms with van der Waals surface area (Å²) in [6.07, 6.45) is 1.15. The van der Waals surface area contributed by atoms with Crippen LogP contribution in [0.15, 0.2) is 12.2 Å². The maximum Gasteiger partial charge on any atom is 0.357 e. The lowest BCUT2D eigenvalue weighted by Crippen LogP contribution is -2.31. The summed E-state index contributed by atoms with van der Waals surface area (Å²) >= 11 is 0. The molecule has 15 heavy (non-hydrogen) atoms. The minimum absolute atomic E-state index is 0.00520. The van der Waals surface area contributed by atoms with Gasteiger partial charge in [-0.1, -0.05) is 0 Å². The molecule has 1 N–H and O–H groups in total. The normalized spacial score (nSPS) is 16.1. The van der Waals surface area contributed by atoms with Crippen LogP contribution in [0.1, 0.15) is 12.8 Å². The van der Waals surface area contributed by atoms with Gasteiger partial charge in [0.05, 0.1) is 0 Å². The number of carbonyl (C=O) groups excluding carboxylic acids is 3. The molecule has 1 saturated heterocycles. The topological polar surface area (TPSA) is 101 Å². The average molecular weight is 213 g/mol. The molecule has 0 spiro atoms. The number of hydroxylamine groups is 2. The number of nitrogens with zero attached hydrogens (tertiary/aromatic N) is 1. The number of hydrogen-bond donors (Lipinski definition) is 1. The molecule has 7 heteroatoms. The van der Waals surface area contributed by atoms with E-state index >= 15 is 0 Å². The molecule has 0 aromatic rings. The second-order valence-corrected chi connectivity index (χ2v) is 2.66. The molecule has 1 rings (SSSR count). The highest BCUT2D eigenvalue weighted by molar-refractivity contribution is 6.02. The van der Waals surface area contributed by atoms with Crippen molar-refractivity contribution in [1.29, 1.82) is 0 Å². The molecule has 0 atom stereocenters. The van der Waals surface area contributed by atoms with Crippen molar-refractivity contribution in [3.8, 4) is 0 Å². The average Bonchev–Trinajstić information content (AvgIpc) is 2.46. The third-order valence-electron chi connectivity index (χ3n) is 1.55. The first-order chi connectivity index (χ1) is 7.00. The van der Waals surface area contributed by atoms with E-state index in [1.165, 1.54) is 0 Å². The lowest BCUT2D eigenvalue weighted by atomic mass is 10.4. The molecule has 0 aromatic carbocycles. The third kappa shape index (κ3) is 2.90. The van der Waals surface area contributed by atoms with E-state index in [0.717, 1.165) is 0 Å². The highest BCUT2D eigenvalue weighted by Gasteiger charge is 2.32. The van der Waals surface area contributed by atoms with Gasteiger partial charge in [0.1, 0.15) is 0 Å². The van der Waals surface area contributed by atoms with Crippen LogP contribution < -0.4 is 0 Å². The molecule has 0 aromatic heterocycles. The zero-order valence-corrected chi connectivity index (χ0v) is 7.50. The molecule has 0 bridgehead atoms. The van der Waals surface area contributed by atoms with E-state index in [4.69, 9.17) is 5.11 Å². The second-order valence-electron chi connectivity index (χ2n) is 2.66. The van der Waals surface area contributed by atoms with Crippen LogP contribution in [0.4, 0.5) is 0 Å². The number of carboxylic acid groups (broad SMARTS) is 1. The monoisotopic (exact) mass is 213 g/mol. The molecular weight excluding hydrogens is 206 g/mol. The first-order valence-electron chi connectivity index (χ1n) is 3.99. The first kappa shape index (κ1) is 10.9. The molecule has 7 nitrogen and oxygen atoms in total. The predicted octanol–water partition coefficient (Wildman–Crippen LogP) is -0.766. The third-order valence-corrected chi connectivity index (χ3v) is 1.55. The first-order valence-corrected chi connectivity index (χ1v) is 3.99. The van der Waals surface area contributed by atoms with E-state index in [1.54, 1.807) is 0 Å². The highest BCUT2D eigenvalue weighted by Crippen LogP contribution is 2.11. The number of carboxylic acids is 1. The summed E-state index contributed by atoms with van der Waals surface area (Å²) in [5, 5.41) is 8.53. The molecule has 80 valence electrons. The van der Waals surface area contributed by atoms with Gasteiger partial charge in [-0.25, -0.2) is 9.59 Å². The Morgan fingerprint density at radius 3 is 2.20 bits per heavy atom. The number of hydrogen-bond acceptors (Lipinski definition) is 5. The van der Waals surface area contributed by atoms with Crippen molar-refractivity contribution in [2.24, 2.45) is 0 Å². The molecule has 0 saturated carbocycles. The van der Waals surface area contributed by atoms with Crippen LogP contribution in [0, 0.1) is 0 Å². The van der Waals surface area contributed by atoms with Crippen molar-refractivity contribution < 1.29 is 29.1 Å². The number of aliphatic carboxylic acids is 1. The van der Waals surface area contributed by atoms with Crippen molar-refractivity contribution in [3.63, 3.8) is 0 Å². The Morgan fingerprint density at radius 2 is 1.73 bits per heavy atom. The highest BCUT2D eigenvalue weighted by atomic mass is 16.7. The Hall–Kier alpha value is -2.18. The number of imide groups is 1. The lowest BCUT2D eigenvalue weighted by molar-refractivity contribution is -0.193. The van der Waals surface area contributed by atoms with Crippen molar-refractivity contribution in [1.82, 2.24) is 5.06 Å². The van der Waals surface area contributed by atoms with Gasteiger partial charge in [-0.3, -0.25) is 9.59 Å². The summed E-state index contributed by atoms with van der Waals surface area (Å²) < 4.78 is 0. The van der Waals surface area contributed by atoms with Crippen LogP contribution in [0.3, 0.4) is 0 Å². The minimum atomic E-state index is -1.33. The van der Waals surface area contributed by atoms with Crippen LogP contribution >= 0.6 is 0 Å². The molecular formula is C8H7NO6. The number of carbonyl (C=O) groups is 4. The SMILES string of the molecule is O=C(O)/C=C/C(=O)ON1C(=O)CCC1=O. The molecule has 1 aliphatic rings. The van der Waals surface area contributed by atoms with Gasteiger partial charge in [0.25, 0.3) is 11.8 Å². The Morgan fingerprint density at radius 1 is 1.20 bits per heavy atom. The summed E-state index contributed by atoms with van der Waals surface area (Å²) in [5.41, 5.74) is 0. The van der Waals surface area contributed by atoms with Gasteiger partial charge in [-0.2, -0.15) is 0 Å². The van der Waals surface area contributed by atoms with E-state index in [2.05, 4.69) is 4.84 Å². The van der Waals surface area contributed by atoms with Gasteiger partial charge in [-0.05, 0) is 0 Å². The lowest BCUT2D eigenvalue weighted by Gasteiger charge is -2.10. The van der Waals surface area contributed by atoms with Gasteiger partial charge in [0, 0.05) is 25.0 Å². The molecule has 1 fully saturated rings. The number of amides is 2. The zero-order valence-electron chi connectivity index (χ0n) is 7.50. The molecule has 1 aliphatic heterocycles. The zero-order chi connectivity index (χ0) is 11.4. The van der Waals surface area contributed by atoms with Crippen LogP contribution in [0.2, 0.25) is 0 Å². The summed E-state index contributed by atoms with van der Waals surface area (Å²) in [6, 6.07) is 0. The van der Waals surface area contributed by atoms with Crippen molar-refractivity contribution in [2.75, 3.05) is 0 Å². The molecule has 2 amide bonds. The van der Waals surface area contributed by atoms with Gasteiger partial charge in [-0.15, -0.1) is 5.06 Å². The van der Waals surface area contributed by atoms with Crippen molar-refractivity contribution in [3.05, 3.63) is 12.2 Å². The largest absolute Gasteiger partial charge is 0.478 e. The maximum atomic E-state index is 10.9. The van der Waals surface area contributed by atoms with Crippen LogP contribution in [0.5, 0.6) is 0 Å². The second kappa shape index (κ2) is 4.36. The Labute approximate surface area is 83.9 Å². The van der Waals surface area contributed by atoms with E-state index in [9.17, 15) is 19.2 Å². The molecule has 0 unspecified atom stereocenters. The molecule has 0 radical (unpaired) electrons. The Bertz CT molecular complexity index is 342. The Balaban J connectivity index is 2.54. The van der Waals surface area contributed by atoms with Gasteiger partial charge < -0.3 is 9.94 Å². The molecule has 1 heterocycles. The Kier molecular flexibility index (Phi) is 3.17. The van der Waals surface area contributed by atoms with Crippen molar-refractivity contribution in [2.45, 2.75) is 12.8 Å². The summed E-state index contributed by atoms with van der Waals surface area (Å²) in [4.78, 5) is 47.1. The van der Waals surface area contributed by atoms with E-state index in [-0.39, 0.29) is 12.8 Å². The fourth-order valence-electron chi connectivity index (χ4n) is 0.918. The van der Waals surface area contributed by atoms with E-state index in [1.807, 2.05) is 0 Å². The van der Waals surface area contributed by atoms with Crippen LogP contribution in [-0.2, 0) is 24.0 Å².